The maximum Gasteiger partial charge on any atom is 0.169 e. The van der Waals surface area contributed by atoms with Crippen LogP contribution in [0.15, 0.2) is 291 Å². The third-order valence-electron chi connectivity index (χ3n) is 21.5. The molecule has 7 nitrogen and oxygen atoms in total. The first-order valence-electron chi connectivity index (χ1n) is 35.0. The van der Waals surface area contributed by atoms with Crippen LogP contribution in [0.3, 0.4) is 0 Å². The molecule has 0 aliphatic rings. The molecule has 0 aliphatic carbocycles. The van der Waals surface area contributed by atoms with Gasteiger partial charge >= 0.3 is 0 Å². The Morgan fingerprint density at radius 2 is 0.515 bits per heavy atom. The number of hydrogen-bond donors (Lipinski definition) is 0. The van der Waals surface area contributed by atoms with Crippen molar-refractivity contribution in [3.8, 4) is 28.7 Å². The van der Waals surface area contributed by atoms with Crippen molar-refractivity contribution < 1.29 is 23.7 Å². The van der Waals surface area contributed by atoms with Crippen LogP contribution in [0, 0.1) is 20.8 Å². The number of rotatable bonds is 11. The average molecular weight is 1330 g/mol. The maximum absolute atomic E-state index is 6.04. The molecule has 496 valence electrons. The second kappa shape index (κ2) is 25.1. The predicted octanol–water partition coefficient (Wildman–Crippen LogP) is 26.3. The molecule has 0 bridgehead atoms. The molecular formula is C96H72N2O5. The number of methoxy groups -OCH3 is 5. The molecule has 0 saturated heterocycles. The maximum atomic E-state index is 6.04. The van der Waals surface area contributed by atoms with Gasteiger partial charge in [-0.15, -0.1) is 0 Å². The van der Waals surface area contributed by atoms with Gasteiger partial charge in [0.25, 0.3) is 0 Å². The van der Waals surface area contributed by atoms with Crippen LogP contribution in [0.5, 0.6) is 28.7 Å². The molecule has 0 aromatic heterocycles. The van der Waals surface area contributed by atoms with E-state index in [1.165, 1.54) is 130 Å². The van der Waals surface area contributed by atoms with Gasteiger partial charge in [-0.05, 0) is 241 Å². The lowest BCUT2D eigenvalue weighted by Gasteiger charge is -2.29. The van der Waals surface area contributed by atoms with E-state index in [2.05, 4.69) is 316 Å². The minimum atomic E-state index is 0.658. The number of anilines is 6. The van der Waals surface area contributed by atoms with E-state index >= 15 is 0 Å². The minimum Gasteiger partial charge on any atom is -0.496 e. The van der Waals surface area contributed by atoms with Gasteiger partial charge in [-0.2, -0.15) is 0 Å². The van der Waals surface area contributed by atoms with Gasteiger partial charge in [-0.25, -0.2) is 0 Å². The molecule has 20 aromatic rings. The van der Waals surface area contributed by atoms with Crippen LogP contribution < -0.4 is 33.5 Å². The Bertz CT molecular complexity index is 6240. The normalized spacial score (nSPS) is 11.7. The van der Waals surface area contributed by atoms with Gasteiger partial charge < -0.3 is 33.5 Å². The van der Waals surface area contributed by atoms with Crippen molar-refractivity contribution in [2.24, 2.45) is 0 Å². The van der Waals surface area contributed by atoms with Crippen LogP contribution >= 0.6 is 0 Å². The number of benzene rings is 20. The van der Waals surface area contributed by atoms with Gasteiger partial charge in [0.15, 0.2) is 23.0 Å². The molecule has 0 fully saturated rings. The van der Waals surface area contributed by atoms with Crippen molar-refractivity contribution in [2.45, 2.75) is 20.8 Å². The summed E-state index contributed by atoms with van der Waals surface area (Å²) < 4.78 is 29.3. The fraction of sp³-hybridized carbons (Fsp3) is 0.0833. The molecule has 0 aliphatic heterocycles. The first kappa shape index (κ1) is 62.4. The third kappa shape index (κ3) is 9.78. The molecule has 0 amide bonds. The number of para-hydroxylation sites is 4. The van der Waals surface area contributed by atoms with Crippen molar-refractivity contribution in [1.29, 1.82) is 0 Å². The van der Waals surface area contributed by atoms with Gasteiger partial charge in [0.05, 0.1) is 46.9 Å². The van der Waals surface area contributed by atoms with E-state index in [0.717, 1.165) is 66.4 Å². The minimum absolute atomic E-state index is 0.658. The molecule has 0 N–H and O–H groups in total. The number of fused-ring (bicyclic) bond motifs is 12. The van der Waals surface area contributed by atoms with Gasteiger partial charge in [0, 0.05) is 44.3 Å². The van der Waals surface area contributed by atoms with E-state index < -0.39 is 0 Å². The number of ether oxygens (including phenoxy) is 5. The highest BCUT2D eigenvalue weighted by Gasteiger charge is 2.28. The summed E-state index contributed by atoms with van der Waals surface area (Å²) in [5.41, 5.74) is 10.5. The monoisotopic (exact) mass is 1330 g/mol. The van der Waals surface area contributed by atoms with Crippen molar-refractivity contribution in [3.63, 3.8) is 0 Å². The first-order valence-corrected chi connectivity index (χ1v) is 35.0. The van der Waals surface area contributed by atoms with E-state index in [1.54, 1.807) is 35.5 Å². The highest BCUT2D eigenvalue weighted by atomic mass is 16.5. The molecule has 103 heavy (non-hydrogen) atoms. The summed E-state index contributed by atoms with van der Waals surface area (Å²) >= 11 is 0. The van der Waals surface area contributed by atoms with Crippen molar-refractivity contribution >= 4 is 174 Å². The lowest BCUT2D eigenvalue weighted by atomic mass is 9.83. The van der Waals surface area contributed by atoms with Gasteiger partial charge in [0.1, 0.15) is 5.75 Å². The van der Waals surface area contributed by atoms with E-state index in [9.17, 15) is 0 Å². The number of aryl methyl sites for hydroxylation is 3. The van der Waals surface area contributed by atoms with E-state index in [1.807, 2.05) is 6.07 Å². The van der Waals surface area contributed by atoms with E-state index in [-0.39, 0.29) is 0 Å². The highest BCUT2D eigenvalue weighted by molar-refractivity contribution is 6.43. The third-order valence-corrected chi connectivity index (χ3v) is 21.5. The summed E-state index contributed by atoms with van der Waals surface area (Å²) in [7, 11) is 8.44. The van der Waals surface area contributed by atoms with Crippen LogP contribution in [0.2, 0.25) is 0 Å². The molecule has 20 rings (SSSR count). The van der Waals surface area contributed by atoms with E-state index in [4.69, 9.17) is 23.7 Å². The SMILES string of the molecule is COc1cc2c(cc1OC)c1c(OC)c(OC)cc3c4cc(C)c(C)cc4c4c(C)c(OC)cc2c4c31.c1ccc(N(c2ccccc2)c2ccc3ccc4c(N(c5ccccc5)c5ccccc5)ccc5ccc2c3c54)cc1.c1ccc2c(c1)c1cccc3c4ccccc4c4cccc2c4c13. The molecule has 0 spiro atoms. The Hall–Kier alpha value is -12.8. The van der Waals surface area contributed by atoms with Crippen LogP contribution in [0.25, 0.3) is 140 Å². The zero-order valence-corrected chi connectivity index (χ0v) is 58.6. The predicted molar refractivity (Wildman–Crippen MR) is 437 cm³/mol. The van der Waals surface area contributed by atoms with Gasteiger partial charge in [-0.3, -0.25) is 0 Å². The summed E-state index contributed by atoms with van der Waals surface area (Å²) in [4.78, 5) is 4.74. The molecular weight excluding hydrogens is 1260 g/mol. The van der Waals surface area contributed by atoms with E-state index in [0.29, 0.717) is 23.0 Å². The average Bonchev–Trinajstić information content (AvgIpc) is 0.689. The zero-order chi connectivity index (χ0) is 69.7. The smallest absolute Gasteiger partial charge is 0.169 e. The largest absolute Gasteiger partial charge is 0.496 e. The van der Waals surface area contributed by atoms with Gasteiger partial charge in [-0.1, -0.05) is 206 Å². The van der Waals surface area contributed by atoms with Gasteiger partial charge in [0.2, 0.25) is 0 Å². The summed E-state index contributed by atoms with van der Waals surface area (Å²) in [5, 5.41) is 32.3. The van der Waals surface area contributed by atoms with Crippen LogP contribution in [0.1, 0.15) is 16.7 Å². The Morgan fingerprint density at radius 1 is 0.204 bits per heavy atom. The fourth-order valence-corrected chi connectivity index (χ4v) is 16.8. The Morgan fingerprint density at radius 3 is 0.913 bits per heavy atom. The lowest BCUT2D eigenvalue weighted by Crippen LogP contribution is -2.11. The van der Waals surface area contributed by atoms with Crippen molar-refractivity contribution in [1.82, 2.24) is 0 Å². The fourth-order valence-electron chi connectivity index (χ4n) is 16.8. The molecule has 0 heterocycles. The molecule has 0 saturated carbocycles. The van der Waals surface area contributed by atoms with Crippen LogP contribution in [-0.4, -0.2) is 35.5 Å². The van der Waals surface area contributed by atoms with Crippen molar-refractivity contribution in [3.05, 3.63) is 308 Å². The highest BCUT2D eigenvalue weighted by Crippen LogP contribution is 2.55. The summed E-state index contributed by atoms with van der Waals surface area (Å²) in [6.07, 6.45) is 0. The summed E-state index contributed by atoms with van der Waals surface area (Å²) in [5.74, 6) is 3.57. The molecule has 0 atom stereocenters. The molecule has 7 heteroatoms. The van der Waals surface area contributed by atoms with Crippen molar-refractivity contribution in [2.75, 3.05) is 45.3 Å². The summed E-state index contributed by atoms with van der Waals surface area (Å²) in [6.45, 7) is 6.47. The lowest BCUT2D eigenvalue weighted by molar-refractivity contribution is 0.355. The van der Waals surface area contributed by atoms with Crippen LogP contribution in [0.4, 0.5) is 34.1 Å². The standard InChI is InChI=1S/C40H28N2.C32H30O5.C24H14/c1-5-13-31(14-6-1)41(32-15-7-2-8-16-32)37-27-23-29-22-26-36-38(28-24-30-21-25-35(37)39(29)40(30)36)42(33-17-9-3-10-18-33)34-19-11-4-12-20-34;1-15-9-18-20(10-16(15)2)28-17(3)24(33-4)12-21-19-11-25(34-5)26(35-6)13-23(19)31-30(29(21)28)22(18)14-27(36-7)32(31)37-8;1-2-8-16-15(7-1)19-11-5-13-21-17-9-3-4-10-18(17)22-14-6-12-20(16)24(22)23(19)21/h1-28H;9-14H,1-8H3;1-14H. The Labute approximate surface area is 597 Å². The molecule has 0 unspecified atom stereocenters. The zero-order valence-electron chi connectivity index (χ0n) is 58.6. The number of hydrogen-bond acceptors (Lipinski definition) is 7. The second-order valence-corrected chi connectivity index (χ2v) is 26.8. The quantitative estimate of drug-likeness (QED) is 0.0945. The Balaban J connectivity index is 0.000000114. The first-order chi connectivity index (χ1) is 50.7. The topological polar surface area (TPSA) is 52.6 Å². The summed E-state index contributed by atoms with van der Waals surface area (Å²) in [6, 6.07) is 105. The molecule has 20 aromatic carbocycles. The van der Waals surface area contributed by atoms with Crippen LogP contribution in [-0.2, 0) is 0 Å². The second-order valence-electron chi connectivity index (χ2n) is 26.8. The number of nitrogens with zero attached hydrogens (tertiary/aromatic N) is 2. The molecule has 0 radical (unpaired) electrons. The Kier molecular flexibility index (Phi) is 15.2.